The van der Waals surface area contributed by atoms with Crippen LogP contribution in [0.2, 0.25) is 10.0 Å². The molecule has 2 aliphatic rings. The van der Waals surface area contributed by atoms with E-state index in [0.29, 0.717) is 10.6 Å². The summed E-state index contributed by atoms with van der Waals surface area (Å²) in [6.45, 7) is 0.912. The number of halogens is 2. The van der Waals surface area contributed by atoms with Gasteiger partial charge in [0, 0.05) is 43.4 Å². The quantitative estimate of drug-likeness (QED) is 0.870. The Balaban J connectivity index is 1.78. The number of carbonyl (C=O) groups excluding carboxylic acids is 1. The Morgan fingerprint density at radius 3 is 2.67 bits per heavy atom. The monoisotopic (exact) mass is 361 g/mol. The van der Waals surface area contributed by atoms with Gasteiger partial charge in [-0.25, -0.2) is 4.98 Å². The Hall–Kier alpha value is -1.78. The summed E-state index contributed by atoms with van der Waals surface area (Å²) in [6.07, 6.45) is 4.07. The van der Waals surface area contributed by atoms with Crippen LogP contribution < -0.4 is 5.32 Å². The second-order valence-electron chi connectivity index (χ2n) is 6.74. The molecule has 0 bridgehead atoms. The Morgan fingerprint density at radius 1 is 1.29 bits per heavy atom. The van der Waals surface area contributed by atoms with Crippen LogP contribution in [0.3, 0.4) is 0 Å². The first-order valence-corrected chi connectivity index (χ1v) is 8.63. The van der Waals surface area contributed by atoms with Crippen LogP contribution in [0.25, 0.3) is 11.1 Å². The first-order valence-electron chi connectivity index (χ1n) is 7.87. The van der Waals surface area contributed by atoms with Gasteiger partial charge in [0.1, 0.15) is 5.82 Å². The highest BCUT2D eigenvalue weighted by molar-refractivity contribution is 6.36. The number of amides is 1. The molecule has 1 N–H and O–H groups in total. The summed E-state index contributed by atoms with van der Waals surface area (Å²) in [5, 5.41) is 4.51. The van der Waals surface area contributed by atoms with Gasteiger partial charge in [0.25, 0.3) is 5.91 Å². The Kier molecular flexibility index (Phi) is 3.52. The number of nitrogens with one attached hydrogen (secondary N) is 1. The van der Waals surface area contributed by atoms with Crippen molar-refractivity contribution < 1.29 is 4.79 Å². The standard InChI is InChI=1S/C18H17Cl2N3O/c1-23(2)17(24)11-4-3-10(7-13(11)19)12-8-21-16-14(15(12)20)18(5-6-18)9-22-16/h3-4,7-8H,5-6,9H2,1-2H3,(H,21,22). The molecule has 1 aliphatic carbocycles. The fourth-order valence-electron chi connectivity index (χ4n) is 3.32. The number of carbonyl (C=O) groups is 1. The van der Waals surface area contributed by atoms with E-state index in [1.165, 1.54) is 4.90 Å². The molecule has 1 aromatic carbocycles. The topological polar surface area (TPSA) is 45.2 Å². The third kappa shape index (κ3) is 2.28. The van der Waals surface area contributed by atoms with Gasteiger partial charge in [0.05, 0.1) is 15.6 Å². The van der Waals surface area contributed by atoms with Crippen molar-refractivity contribution in [1.29, 1.82) is 0 Å². The Bertz CT molecular complexity index is 860. The zero-order chi connectivity index (χ0) is 17.1. The van der Waals surface area contributed by atoms with Crippen LogP contribution in [0.5, 0.6) is 0 Å². The third-order valence-corrected chi connectivity index (χ3v) is 5.62. The molecule has 1 amide bonds. The van der Waals surface area contributed by atoms with Gasteiger partial charge in [-0.15, -0.1) is 0 Å². The number of rotatable bonds is 2. The average molecular weight is 362 g/mol. The molecule has 1 saturated carbocycles. The van der Waals surface area contributed by atoms with Gasteiger partial charge in [-0.05, 0) is 30.5 Å². The molecule has 0 atom stereocenters. The van der Waals surface area contributed by atoms with Crippen molar-refractivity contribution in [3.8, 4) is 11.1 Å². The number of nitrogens with zero attached hydrogens (tertiary/aromatic N) is 2. The molecule has 0 radical (unpaired) electrons. The maximum atomic E-state index is 12.1. The molecule has 124 valence electrons. The number of benzene rings is 1. The van der Waals surface area contributed by atoms with E-state index in [-0.39, 0.29) is 11.3 Å². The average Bonchev–Trinajstić information content (AvgIpc) is 3.22. The molecule has 2 aromatic rings. The van der Waals surface area contributed by atoms with E-state index < -0.39 is 0 Å². The second kappa shape index (κ2) is 5.36. The van der Waals surface area contributed by atoms with Crippen molar-refractivity contribution in [3.63, 3.8) is 0 Å². The molecular weight excluding hydrogens is 345 g/mol. The first kappa shape index (κ1) is 15.7. The summed E-state index contributed by atoms with van der Waals surface area (Å²) < 4.78 is 0. The molecule has 6 heteroatoms. The van der Waals surface area contributed by atoms with Gasteiger partial charge in [-0.1, -0.05) is 29.3 Å². The van der Waals surface area contributed by atoms with Gasteiger partial charge in [-0.3, -0.25) is 4.79 Å². The number of anilines is 1. The normalized spacial score (nSPS) is 16.7. The van der Waals surface area contributed by atoms with Crippen LogP contribution in [-0.2, 0) is 5.41 Å². The van der Waals surface area contributed by atoms with Crippen LogP contribution in [0.4, 0.5) is 5.82 Å². The minimum Gasteiger partial charge on any atom is -0.369 e. The molecule has 24 heavy (non-hydrogen) atoms. The summed E-state index contributed by atoms with van der Waals surface area (Å²) in [7, 11) is 3.41. The summed E-state index contributed by atoms with van der Waals surface area (Å²) >= 11 is 13.1. The van der Waals surface area contributed by atoms with Crippen molar-refractivity contribution >= 4 is 34.9 Å². The van der Waals surface area contributed by atoms with E-state index in [4.69, 9.17) is 23.2 Å². The van der Waals surface area contributed by atoms with Crippen LogP contribution in [0.1, 0.15) is 28.8 Å². The molecule has 2 heterocycles. The van der Waals surface area contributed by atoms with E-state index in [0.717, 1.165) is 46.9 Å². The van der Waals surface area contributed by atoms with Crippen molar-refractivity contribution in [1.82, 2.24) is 9.88 Å². The summed E-state index contributed by atoms with van der Waals surface area (Å²) in [6, 6.07) is 5.41. The number of hydrogen-bond donors (Lipinski definition) is 1. The smallest absolute Gasteiger partial charge is 0.254 e. The highest BCUT2D eigenvalue weighted by Crippen LogP contribution is 2.57. The van der Waals surface area contributed by atoms with Crippen LogP contribution in [-0.4, -0.2) is 36.4 Å². The molecule has 1 aromatic heterocycles. The van der Waals surface area contributed by atoms with E-state index in [2.05, 4.69) is 10.3 Å². The molecule has 1 spiro atoms. The fourth-order valence-corrected chi connectivity index (χ4v) is 4.03. The zero-order valence-corrected chi connectivity index (χ0v) is 15.0. The van der Waals surface area contributed by atoms with Crippen molar-refractivity contribution in [2.45, 2.75) is 18.3 Å². The molecule has 0 saturated heterocycles. The lowest BCUT2D eigenvalue weighted by Gasteiger charge is -2.14. The second-order valence-corrected chi connectivity index (χ2v) is 7.52. The lowest BCUT2D eigenvalue weighted by molar-refractivity contribution is 0.0828. The number of fused-ring (bicyclic) bond motifs is 2. The number of aromatic nitrogens is 1. The van der Waals surface area contributed by atoms with Crippen molar-refractivity contribution in [3.05, 3.63) is 45.6 Å². The largest absolute Gasteiger partial charge is 0.369 e. The number of hydrogen-bond acceptors (Lipinski definition) is 3. The van der Waals surface area contributed by atoms with Gasteiger partial charge < -0.3 is 10.2 Å². The predicted molar refractivity (Wildman–Crippen MR) is 97.1 cm³/mol. The molecular formula is C18H17Cl2N3O. The highest BCUT2D eigenvalue weighted by Gasteiger charge is 2.51. The molecule has 0 unspecified atom stereocenters. The number of pyridine rings is 1. The minimum atomic E-state index is -0.120. The predicted octanol–water partition coefficient (Wildman–Crippen LogP) is 4.21. The van der Waals surface area contributed by atoms with Gasteiger partial charge in [0.2, 0.25) is 0 Å². The first-order chi connectivity index (χ1) is 11.4. The molecule has 4 nitrogen and oxygen atoms in total. The zero-order valence-electron chi connectivity index (χ0n) is 13.5. The summed E-state index contributed by atoms with van der Waals surface area (Å²) in [5.41, 5.74) is 3.51. The van der Waals surface area contributed by atoms with Crippen molar-refractivity contribution in [2.75, 3.05) is 26.0 Å². The maximum Gasteiger partial charge on any atom is 0.254 e. The molecule has 4 rings (SSSR count). The van der Waals surface area contributed by atoms with Crippen LogP contribution in [0, 0.1) is 0 Å². The summed E-state index contributed by atoms with van der Waals surface area (Å²) in [4.78, 5) is 18.2. The lowest BCUT2D eigenvalue weighted by Crippen LogP contribution is -2.21. The molecule has 1 fully saturated rings. The van der Waals surface area contributed by atoms with Crippen LogP contribution in [0.15, 0.2) is 24.4 Å². The minimum absolute atomic E-state index is 0.120. The third-order valence-electron chi connectivity index (χ3n) is 4.91. The van der Waals surface area contributed by atoms with Gasteiger partial charge >= 0.3 is 0 Å². The Morgan fingerprint density at radius 2 is 2.04 bits per heavy atom. The van der Waals surface area contributed by atoms with Crippen LogP contribution >= 0.6 is 23.2 Å². The van der Waals surface area contributed by atoms with E-state index in [9.17, 15) is 4.79 Å². The van der Waals surface area contributed by atoms with Crippen molar-refractivity contribution in [2.24, 2.45) is 0 Å². The van der Waals surface area contributed by atoms with Gasteiger partial charge in [0.15, 0.2) is 0 Å². The molecule has 1 aliphatic heterocycles. The summed E-state index contributed by atoms with van der Waals surface area (Å²) in [5.74, 6) is 0.776. The fraction of sp³-hybridized carbons (Fsp3) is 0.333. The lowest BCUT2D eigenvalue weighted by atomic mass is 9.96. The Labute approximate surface area is 150 Å². The maximum absolute atomic E-state index is 12.1. The van der Waals surface area contributed by atoms with Gasteiger partial charge in [-0.2, -0.15) is 0 Å². The van der Waals surface area contributed by atoms with E-state index in [1.54, 1.807) is 32.4 Å². The highest BCUT2D eigenvalue weighted by atomic mass is 35.5. The van der Waals surface area contributed by atoms with E-state index >= 15 is 0 Å². The SMILES string of the molecule is CN(C)C(=O)c1ccc(-c2cnc3c(c2Cl)C2(CC2)CN3)cc1Cl. The van der Waals surface area contributed by atoms with E-state index in [1.807, 2.05) is 6.07 Å².